The maximum Gasteiger partial charge on any atom is 0.174 e. The highest BCUT2D eigenvalue weighted by Gasteiger charge is 2.10. The lowest BCUT2D eigenvalue weighted by Gasteiger charge is -2.14. The molecule has 0 amide bonds. The normalized spacial score (nSPS) is 12.4. The number of hydrogen-bond donors (Lipinski definition) is 1. The molecule has 2 rings (SSSR count). The summed E-state index contributed by atoms with van der Waals surface area (Å²) in [5.74, 6) is 1.61. The van der Waals surface area contributed by atoms with Crippen LogP contribution in [-0.4, -0.2) is 11.2 Å². The van der Waals surface area contributed by atoms with Gasteiger partial charge in [-0.15, -0.1) is 0 Å². The molecule has 4 heteroatoms. The van der Waals surface area contributed by atoms with Gasteiger partial charge < -0.3 is 15.0 Å². The van der Waals surface area contributed by atoms with Gasteiger partial charge in [0.15, 0.2) is 5.76 Å². The van der Waals surface area contributed by atoms with Crippen molar-refractivity contribution < 1.29 is 9.26 Å². The number of nitrogens with two attached hydrogens (primary N) is 1. The highest BCUT2D eigenvalue weighted by molar-refractivity contribution is 5.41. The number of aryl methyl sites for hydroxylation is 1. The molecule has 0 saturated heterocycles. The lowest BCUT2D eigenvalue weighted by molar-refractivity contribution is 0.246. The van der Waals surface area contributed by atoms with Crippen molar-refractivity contribution in [2.45, 2.75) is 32.9 Å². The van der Waals surface area contributed by atoms with Gasteiger partial charge in [-0.3, -0.25) is 0 Å². The van der Waals surface area contributed by atoms with Crippen molar-refractivity contribution in [1.82, 2.24) is 5.16 Å². The molecule has 18 heavy (non-hydrogen) atoms. The summed E-state index contributed by atoms with van der Waals surface area (Å²) in [5, 5.41) is 3.65. The fourth-order valence-electron chi connectivity index (χ4n) is 1.89. The molecule has 2 aromatic rings. The Morgan fingerprint density at radius 2 is 2.22 bits per heavy atom. The molecule has 0 fully saturated rings. The molecule has 2 N–H and O–H groups in total. The smallest absolute Gasteiger partial charge is 0.174 e. The molecule has 4 nitrogen and oxygen atoms in total. The molecule has 0 aliphatic heterocycles. The van der Waals surface area contributed by atoms with Crippen LogP contribution in [0.3, 0.4) is 0 Å². The lowest BCUT2D eigenvalue weighted by atomic mass is 10.0. The van der Waals surface area contributed by atoms with Gasteiger partial charge in [0.25, 0.3) is 0 Å². The number of para-hydroxylation sites is 1. The predicted molar refractivity (Wildman–Crippen MR) is 69.4 cm³/mol. The van der Waals surface area contributed by atoms with Crippen molar-refractivity contribution in [3.05, 3.63) is 47.3 Å². The summed E-state index contributed by atoms with van der Waals surface area (Å²) in [6.45, 7) is 4.40. The van der Waals surface area contributed by atoms with Gasteiger partial charge in [-0.1, -0.05) is 23.4 Å². The second kappa shape index (κ2) is 5.69. The van der Waals surface area contributed by atoms with Crippen LogP contribution in [0.25, 0.3) is 0 Å². The number of hydrogen-bond acceptors (Lipinski definition) is 4. The van der Waals surface area contributed by atoms with E-state index in [1.54, 1.807) is 12.3 Å². The van der Waals surface area contributed by atoms with Crippen LogP contribution in [0.4, 0.5) is 0 Å². The van der Waals surface area contributed by atoms with Crippen LogP contribution in [0.5, 0.6) is 5.75 Å². The predicted octanol–water partition coefficient (Wildman–Crippen LogP) is 2.45. The number of benzene rings is 1. The molecule has 0 aliphatic rings. The van der Waals surface area contributed by atoms with Crippen LogP contribution in [0.2, 0.25) is 0 Å². The second-order valence-electron chi connectivity index (χ2n) is 4.51. The number of ether oxygens (including phenoxy) is 1. The van der Waals surface area contributed by atoms with E-state index >= 15 is 0 Å². The number of aromatic nitrogens is 1. The largest absolute Gasteiger partial charge is 0.485 e. The van der Waals surface area contributed by atoms with Gasteiger partial charge in [0, 0.05) is 12.1 Å². The maximum atomic E-state index is 5.85. The molecule has 1 heterocycles. The van der Waals surface area contributed by atoms with E-state index < -0.39 is 0 Å². The van der Waals surface area contributed by atoms with E-state index in [9.17, 15) is 0 Å². The van der Waals surface area contributed by atoms with Gasteiger partial charge >= 0.3 is 0 Å². The monoisotopic (exact) mass is 246 g/mol. The zero-order valence-electron chi connectivity index (χ0n) is 10.7. The van der Waals surface area contributed by atoms with Gasteiger partial charge in [0.1, 0.15) is 12.4 Å². The minimum atomic E-state index is 0.111. The van der Waals surface area contributed by atoms with E-state index in [2.05, 4.69) is 5.16 Å². The zero-order valence-corrected chi connectivity index (χ0v) is 10.7. The number of nitrogens with zero attached hydrogens (tertiary/aromatic N) is 1. The van der Waals surface area contributed by atoms with Crippen LogP contribution < -0.4 is 10.5 Å². The minimum Gasteiger partial charge on any atom is -0.485 e. The Labute approximate surface area is 107 Å². The van der Waals surface area contributed by atoms with Crippen LogP contribution in [0.1, 0.15) is 23.8 Å². The van der Waals surface area contributed by atoms with Crippen molar-refractivity contribution in [3.63, 3.8) is 0 Å². The summed E-state index contributed by atoms with van der Waals surface area (Å²) in [7, 11) is 0. The summed E-state index contributed by atoms with van der Waals surface area (Å²) in [6.07, 6.45) is 2.41. The van der Waals surface area contributed by atoms with Crippen molar-refractivity contribution >= 4 is 0 Å². The Balaban J connectivity index is 2.14. The highest BCUT2D eigenvalue weighted by atomic mass is 16.5. The fraction of sp³-hybridized carbons (Fsp3) is 0.357. The summed E-state index contributed by atoms with van der Waals surface area (Å²) in [5.41, 5.74) is 8.08. The average Bonchev–Trinajstić information content (AvgIpc) is 2.80. The van der Waals surface area contributed by atoms with Crippen molar-refractivity contribution in [2.75, 3.05) is 0 Å². The van der Waals surface area contributed by atoms with E-state index in [0.717, 1.165) is 23.3 Å². The minimum absolute atomic E-state index is 0.111. The first kappa shape index (κ1) is 12.6. The first-order valence-electron chi connectivity index (χ1n) is 6.03. The SMILES string of the molecule is Cc1cccc(CC(C)N)c1OCc1ccno1. The molecule has 1 aromatic heterocycles. The Hall–Kier alpha value is -1.81. The second-order valence-corrected chi connectivity index (χ2v) is 4.51. The zero-order chi connectivity index (χ0) is 13.0. The summed E-state index contributed by atoms with van der Waals surface area (Å²) in [4.78, 5) is 0. The lowest BCUT2D eigenvalue weighted by Crippen LogP contribution is -2.18. The third kappa shape index (κ3) is 3.11. The van der Waals surface area contributed by atoms with Crippen LogP contribution in [0, 0.1) is 6.92 Å². The molecule has 1 atom stereocenters. The quantitative estimate of drug-likeness (QED) is 0.880. The molecular weight excluding hydrogens is 228 g/mol. The maximum absolute atomic E-state index is 5.85. The summed E-state index contributed by atoms with van der Waals surface area (Å²) in [6, 6.07) is 8.00. The molecule has 0 saturated carbocycles. The average molecular weight is 246 g/mol. The van der Waals surface area contributed by atoms with Gasteiger partial charge in [-0.25, -0.2) is 0 Å². The molecule has 0 aliphatic carbocycles. The molecule has 96 valence electrons. The molecule has 1 aromatic carbocycles. The Kier molecular flexibility index (Phi) is 3.99. The Bertz CT molecular complexity index is 493. The Morgan fingerprint density at radius 3 is 2.89 bits per heavy atom. The van der Waals surface area contributed by atoms with Crippen molar-refractivity contribution in [3.8, 4) is 5.75 Å². The third-order valence-electron chi connectivity index (χ3n) is 2.69. The van der Waals surface area contributed by atoms with Crippen LogP contribution in [-0.2, 0) is 13.0 Å². The topological polar surface area (TPSA) is 61.3 Å². The van der Waals surface area contributed by atoms with Gasteiger partial charge in [-0.05, 0) is 31.4 Å². The standard InChI is InChI=1S/C14H18N2O2/c1-10-4-3-5-12(8-11(2)15)14(10)17-9-13-6-7-16-18-13/h3-7,11H,8-9,15H2,1-2H3. The molecular formula is C14H18N2O2. The Morgan fingerprint density at radius 1 is 1.39 bits per heavy atom. The van der Waals surface area contributed by atoms with E-state index in [-0.39, 0.29) is 6.04 Å². The molecule has 0 spiro atoms. The third-order valence-corrected chi connectivity index (χ3v) is 2.69. The van der Waals surface area contributed by atoms with E-state index in [4.69, 9.17) is 15.0 Å². The van der Waals surface area contributed by atoms with Gasteiger partial charge in [0.2, 0.25) is 0 Å². The van der Waals surface area contributed by atoms with Gasteiger partial charge in [-0.2, -0.15) is 0 Å². The number of rotatable bonds is 5. The first-order valence-corrected chi connectivity index (χ1v) is 6.03. The van der Waals surface area contributed by atoms with Crippen molar-refractivity contribution in [2.24, 2.45) is 5.73 Å². The summed E-state index contributed by atoms with van der Waals surface area (Å²) < 4.78 is 10.8. The van der Waals surface area contributed by atoms with E-state index in [0.29, 0.717) is 12.4 Å². The highest BCUT2D eigenvalue weighted by Crippen LogP contribution is 2.25. The van der Waals surface area contributed by atoms with Crippen LogP contribution >= 0.6 is 0 Å². The van der Waals surface area contributed by atoms with E-state index in [1.165, 1.54) is 0 Å². The van der Waals surface area contributed by atoms with Crippen LogP contribution in [0.15, 0.2) is 35.0 Å². The van der Waals surface area contributed by atoms with E-state index in [1.807, 2.05) is 32.0 Å². The van der Waals surface area contributed by atoms with Gasteiger partial charge in [0.05, 0.1) is 6.20 Å². The summed E-state index contributed by atoms with van der Waals surface area (Å²) >= 11 is 0. The molecule has 0 radical (unpaired) electrons. The molecule has 1 unspecified atom stereocenters. The fourth-order valence-corrected chi connectivity index (χ4v) is 1.89. The molecule has 0 bridgehead atoms. The first-order chi connectivity index (χ1) is 8.66. The van der Waals surface area contributed by atoms with Crippen molar-refractivity contribution in [1.29, 1.82) is 0 Å².